The minimum absolute atomic E-state index is 0.0291. The molecule has 0 unspecified atom stereocenters. The van der Waals surface area contributed by atoms with Gasteiger partial charge in [0.2, 0.25) is 0 Å². The van der Waals surface area contributed by atoms with Crippen LogP contribution in [0.4, 0.5) is 5.69 Å². The highest BCUT2D eigenvalue weighted by atomic mass is 16.6. The highest BCUT2D eigenvalue weighted by molar-refractivity contribution is 5.73. The molecule has 10 nitrogen and oxygen atoms in total. The smallest absolute Gasteiger partial charge is 0.307 e. The van der Waals surface area contributed by atoms with Crippen molar-refractivity contribution in [3.05, 3.63) is 34.2 Å². The topological polar surface area (TPSA) is 143 Å². The van der Waals surface area contributed by atoms with Crippen molar-refractivity contribution in [3.63, 3.8) is 0 Å². The van der Waals surface area contributed by atoms with Gasteiger partial charge in [0.25, 0.3) is 0 Å². The van der Waals surface area contributed by atoms with Crippen LogP contribution in [-0.4, -0.2) is 57.7 Å². The van der Waals surface area contributed by atoms with Crippen LogP contribution in [0, 0.1) is 72.2 Å². The van der Waals surface area contributed by atoms with Crippen molar-refractivity contribution in [3.8, 4) is 0 Å². The maximum atomic E-state index is 13.5. The maximum Gasteiger partial charge on any atom is 0.307 e. The first kappa shape index (κ1) is 36.5. The summed E-state index contributed by atoms with van der Waals surface area (Å²) < 4.78 is 15.5. The third-order valence-corrected chi connectivity index (χ3v) is 15.7. The van der Waals surface area contributed by atoms with Crippen molar-refractivity contribution in [1.82, 2.24) is 9.78 Å². The number of rotatable bonds is 8. The summed E-state index contributed by atoms with van der Waals surface area (Å²) in [5, 5.41) is 27.5. The summed E-state index contributed by atoms with van der Waals surface area (Å²) in [6.45, 7) is 23.8. The lowest BCUT2D eigenvalue weighted by Gasteiger charge is -2.71. The average Bonchev–Trinajstić information content (AvgIpc) is 3.50. The Bertz CT molecular complexity index is 1500. The predicted octanol–water partition coefficient (Wildman–Crippen LogP) is 7.68. The molecule has 0 amide bonds. The molecular weight excluding hydrogens is 620 g/mol. The van der Waals surface area contributed by atoms with Gasteiger partial charge in [0.05, 0.1) is 42.8 Å². The average molecular weight is 683 g/mol. The molecule has 0 aromatic carbocycles. The van der Waals surface area contributed by atoms with Crippen molar-refractivity contribution in [1.29, 1.82) is 0 Å². The zero-order valence-corrected chi connectivity index (χ0v) is 31.6. The van der Waals surface area contributed by atoms with Crippen LogP contribution in [0.5, 0.6) is 0 Å². The SMILES string of the molecule is CC(C)[C@@H](C)[C@@]1(C)CC[C@]2(C)[C@H]3CC[C@@H]4[C@@]5(C)COC[C@@]4(C3=CC[C@@]2(C)[C@@H]1C(=O)O)[C@@H](OC[C@H](N)C(C)(C)C)[C@H](n1cc([N+](=O)[O-])cn1)C5. The maximum absolute atomic E-state index is 13.5. The Kier molecular flexibility index (Phi) is 8.84. The first-order valence-electron chi connectivity index (χ1n) is 18.7. The Balaban J connectivity index is 1.51. The molecule has 4 fully saturated rings. The molecule has 3 saturated carbocycles. The van der Waals surface area contributed by atoms with Gasteiger partial charge in [0, 0.05) is 11.5 Å². The van der Waals surface area contributed by atoms with E-state index < -0.39 is 22.7 Å². The molecule has 0 radical (unpaired) electrons. The number of nitro groups is 1. The van der Waals surface area contributed by atoms with Gasteiger partial charge in [-0.25, -0.2) is 0 Å². The monoisotopic (exact) mass is 682 g/mol. The number of aliphatic carboxylic acids is 1. The second kappa shape index (κ2) is 11.9. The molecule has 49 heavy (non-hydrogen) atoms. The molecule has 5 aliphatic rings. The summed E-state index contributed by atoms with van der Waals surface area (Å²) in [5.74, 6) is -0.0392. The van der Waals surface area contributed by atoms with Crippen LogP contribution in [0.2, 0.25) is 0 Å². The quantitative estimate of drug-likeness (QED) is 0.162. The van der Waals surface area contributed by atoms with Gasteiger partial charge in [0.15, 0.2) is 0 Å². The van der Waals surface area contributed by atoms with E-state index in [1.54, 1.807) is 10.9 Å². The van der Waals surface area contributed by atoms with Gasteiger partial charge in [-0.05, 0) is 89.3 Å². The number of carbonyl (C=O) groups is 1. The Hall–Kier alpha value is -2.30. The minimum atomic E-state index is -0.670. The van der Waals surface area contributed by atoms with Gasteiger partial charge in [-0.15, -0.1) is 0 Å². The van der Waals surface area contributed by atoms with E-state index in [1.165, 1.54) is 11.8 Å². The zero-order valence-electron chi connectivity index (χ0n) is 31.6. The van der Waals surface area contributed by atoms with Gasteiger partial charge in [0.1, 0.15) is 12.4 Å². The molecule has 1 aromatic heterocycles. The molecular formula is C39H62N4O6. The number of nitrogens with two attached hydrogens (primary N) is 1. The largest absolute Gasteiger partial charge is 0.481 e. The van der Waals surface area contributed by atoms with E-state index in [0.717, 1.165) is 32.1 Å². The number of carboxylic acid groups (broad SMARTS) is 1. The summed E-state index contributed by atoms with van der Waals surface area (Å²) in [7, 11) is 0. The van der Waals surface area contributed by atoms with Gasteiger partial charge >= 0.3 is 11.7 Å². The molecule has 1 aromatic rings. The first-order chi connectivity index (χ1) is 22.7. The Labute approximate surface area is 293 Å². The molecule has 2 bridgehead atoms. The number of hydrogen-bond donors (Lipinski definition) is 2. The predicted molar refractivity (Wildman–Crippen MR) is 189 cm³/mol. The zero-order chi connectivity index (χ0) is 36.1. The lowest BCUT2D eigenvalue weighted by molar-refractivity contribution is -0.385. The lowest BCUT2D eigenvalue weighted by Crippen LogP contribution is -2.70. The van der Waals surface area contributed by atoms with Gasteiger partial charge in [-0.3, -0.25) is 19.6 Å². The summed E-state index contributed by atoms with van der Waals surface area (Å²) in [4.78, 5) is 24.9. The lowest BCUT2D eigenvalue weighted by atomic mass is 9.34. The van der Waals surface area contributed by atoms with Crippen LogP contribution >= 0.6 is 0 Å². The summed E-state index contributed by atoms with van der Waals surface area (Å²) in [6.07, 6.45) is 10.2. The molecule has 4 aliphatic carbocycles. The molecule has 0 spiro atoms. The van der Waals surface area contributed by atoms with Crippen molar-refractivity contribution < 1.29 is 24.3 Å². The van der Waals surface area contributed by atoms with Gasteiger partial charge < -0.3 is 20.3 Å². The third-order valence-electron chi connectivity index (χ3n) is 15.7. The van der Waals surface area contributed by atoms with Crippen LogP contribution in [0.1, 0.15) is 114 Å². The third kappa shape index (κ3) is 5.19. The van der Waals surface area contributed by atoms with E-state index in [1.807, 2.05) is 0 Å². The first-order valence-corrected chi connectivity index (χ1v) is 18.7. The second-order valence-corrected chi connectivity index (χ2v) is 19.3. The number of ether oxygens (including phenoxy) is 2. The standard InChI is InChI=1S/C39H62N4O6/c1-23(2)24(3)36(8)15-16-37(9)26-11-12-29-35(7)17-28(42-19-25(18-41-42)43(46)47)32(49-20-30(40)34(4,5)6)39(29,22-48-21-35)27(26)13-14-38(37,10)31(36)33(44)45/h13,18-19,23-24,26,28-32H,11-12,14-17,20-22,40H2,1-10H3,(H,44,45)/t24-,26+,28-,29-,30+,31-,32+,35-,36-,37-,38+,39+/m1/s1. The number of aromatic nitrogens is 2. The van der Waals surface area contributed by atoms with E-state index >= 15 is 0 Å². The van der Waals surface area contributed by atoms with Crippen LogP contribution < -0.4 is 5.73 Å². The number of nitrogens with zero attached hydrogens (tertiary/aromatic N) is 3. The van der Waals surface area contributed by atoms with Crippen molar-refractivity contribution >= 4 is 11.7 Å². The molecule has 6 rings (SSSR count). The van der Waals surface area contributed by atoms with Crippen molar-refractivity contribution in [2.45, 2.75) is 126 Å². The molecule has 2 heterocycles. The van der Waals surface area contributed by atoms with Gasteiger partial charge in [-0.1, -0.05) is 80.9 Å². The summed E-state index contributed by atoms with van der Waals surface area (Å²) >= 11 is 0. The number of carboxylic acids is 1. The number of allylic oxidation sites excluding steroid dienone is 1. The fourth-order valence-corrected chi connectivity index (χ4v) is 12.2. The van der Waals surface area contributed by atoms with E-state index in [2.05, 4.69) is 80.4 Å². The van der Waals surface area contributed by atoms with Crippen LogP contribution in [-0.2, 0) is 14.3 Å². The highest BCUT2D eigenvalue weighted by Crippen LogP contribution is 2.75. The van der Waals surface area contributed by atoms with Crippen LogP contribution in [0.3, 0.4) is 0 Å². The van der Waals surface area contributed by atoms with Crippen molar-refractivity contribution in [2.75, 3.05) is 19.8 Å². The molecule has 12 atom stereocenters. The second-order valence-electron chi connectivity index (χ2n) is 19.3. The fraction of sp³-hybridized carbons (Fsp3) is 0.846. The summed E-state index contributed by atoms with van der Waals surface area (Å²) in [5.41, 5.74) is 6.22. The van der Waals surface area contributed by atoms with E-state index in [0.29, 0.717) is 32.2 Å². The molecule has 1 saturated heterocycles. The van der Waals surface area contributed by atoms with E-state index in [4.69, 9.17) is 15.2 Å². The summed E-state index contributed by atoms with van der Waals surface area (Å²) in [6, 6.07) is -0.469. The van der Waals surface area contributed by atoms with Gasteiger partial charge in [-0.2, -0.15) is 5.10 Å². The van der Waals surface area contributed by atoms with E-state index in [-0.39, 0.29) is 68.2 Å². The van der Waals surface area contributed by atoms with E-state index in [9.17, 15) is 20.0 Å². The Morgan fingerprint density at radius 1 is 1.16 bits per heavy atom. The Morgan fingerprint density at radius 3 is 2.45 bits per heavy atom. The minimum Gasteiger partial charge on any atom is -0.481 e. The molecule has 10 heteroatoms. The van der Waals surface area contributed by atoms with Crippen LogP contribution in [0.25, 0.3) is 0 Å². The fourth-order valence-electron chi connectivity index (χ4n) is 12.2. The molecule has 3 N–H and O–H groups in total. The molecule has 274 valence electrons. The normalized spacial score (nSPS) is 43.1. The van der Waals surface area contributed by atoms with Crippen LogP contribution in [0.15, 0.2) is 24.0 Å². The number of hydrogen-bond acceptors (Lipinski definition) is 7. The number of fused-ring (bicyclic) bond motifs is 3. The van der Waals surface area contributed by atoms with Crippen molar-refractivity contribution in [2.24, 2.45) is 67.8 Å². The Morgan fingerprint density at radius 2 is 1.86 bits per heavy atom. The molecule has 1 aliphatic heterocycles. The highest BCUT2D eigenvalue weighted by Gasteiger charge is 2.72.